The number of nitrogens with zero attached hydrogens (tertiary/aromatic N) is 2. The first kappa shape index (κ1) is 12.4. The molecule has 2 aliphatic rings. The van der Waals surface area contributed by atoms with E-state index in [1.54, 1.807) is 0 Å². The largest absolute Gasteiger partial charge is 0.287 e. The third-order valence-corrected chi connectivity index (χ3v) is 6.01. The molecule has 0 aromatic carbocycles. The lowest BCUT2D eigenvalue weighted by Gasteiger charge is -2.27. The number of hydrogen-bond acceptors (Lipinski definition) is 5. The molecule has 2 heterocycles. The van der Waals surface area contributed by atoms with Crippen LogP contribution in [0.1, 0.15) is 25.7 Å². The number of nitrogens with two attached hydrogens (primary N) is 1. The van der Waals surface area contributed by atoms with Crippen LogP contribution < -0.4 is 10.9 Å². The maximum absolute atomic E-state index is 12.1. The van der Waals surface area contributed by atoms with Gasteiger partial charge >= 0.3 is 0 Å². The van der Waals surface area contributed by atoms with Crippen molar-refractivity contribution in [2.24, 2.45) is 16.2 Å². The summed E-state index contributed by atoms with van der Waals surface area (Å²) in [5.41, 5.74) is 0. The second-order valence-electron chi connectivity index (χ2n) is 4.50. The van der Waals surface area contributed by atoms with E-state index in [4.69, 9.17) is 17.4 Å². The van der Waals surface area contributed by atoms with E-state index in [1.165, 1.54) is 22.4 Å². The molecule has 0 bridgehead atoms. The Hall–Kier alpha value is -0.630. The molecule has 0 spiro atoms. The van der Waals surface area contributed by atoms with Gasteiger partial charge in [0.2, 0.25) is 0 Å². The molecule has 3 rings (SSSR count). The summed E-state index contributed by atoms with van der Waals surface area (Å²) in [5.74, 6) is 6.59. The van der Waals surface area contributed by atoms with Crippen molar-refractivity contribution >= 4 is 43.8 Å². The van der Waals surface area contributed by atoms with Crippen molar-refractivity contribution in [2.45, 2.75) is 30.6 Å². The van der Waals surface area contributed by atoms with Crippen LogP contribution in [0.5, 0.6) is 0 Å². The Morgan fingerprint density at radius 3 is 2.78 bits per heavy atom. The zero-order chi connectivity index (χ0) is 12.9. The number of anilines is 1. The summed E-state index contributed by atoms with van der Waals surface area (Å²) in [7, 11) is -3.65. The first-order valence-corrected chi connectivity index (χ1v) is 8.31. The average Bonchev–Trinajstić information content (AvgIpc) is 2.92. The highest BCUT2D eigenvalue weighted by atomic mass is 35.5. The summed E-state index contributed by atoms with van der Waals surface area (Å²) in [5, 5.41) is 1.86. The summed E-state index contributed by atoms with van der Waals surface area (Å²) in [4.78, 5) is 0.113. The number of amidine groups is 1. The van der Waals surface area contributed by atoms with E-state index < -0.39 is 10.0 Å². The molecule has 0 amide bonds. The standard InChI is InChI=1S/C10H12ClN3O2S2/c11-8-5-7-10(17-8)14(12)9(13-18(7,15)16)6-3-1-2-4-6/h5-6H,1-4,12H2. The van der Waals surface area contributed by atoms with Crippen LogP contribution in [0, 0.1) is 5.92 Å². The van der Waals surface area contributed by atoms with Crippen molar-refractivity contribution in [1.29, 1.82) is 0 Å². The van der Waals surface area contributed by atoms with Crippen molar-refractivity contribution in [2.75, 3.05) is 5.01 Å². The lowest BCUT2D eigenvalue weighted by molar-refractivity contribution is 0.595. The zero-order valence-electron chi connectivity index (χ0n) is 9.47. The van der Waals surface area contributed by atoms with Gasteiger partial charge in [-0.15, -0.1) is 15.7 Å². The van der Waals surface area contributed by atoms with Crippen LogP contribution in [-0.2, 0) is 10.0 Å². The number of rotatable bonds is 1. The predicted molar refractivity (Wildman–Crippen MR) is 72.6 cm³/mol. The van der Waals surface area contributed by atoms with E-state index in [0.717, 1.165) is 25.7 Å². The van der Waals surface area contributed by atoms with Crippen LogP contribution in [0.25, 0.3) is 0 Å². The van der Waals surface area contributed by atoms with Crippen LogP contribution in [0.3, 0.4) is 0 Å². The molecule has 1 fully saturated rings. The molecule has 5 nitrogen and oxygen atoms in total. The predicted octanol–water partition coefficient (Wildman–Crippen LogP) is 2.37. The topological polar surface area (TPSA) is 75.8 Å². The Bertz CT molecular complexity index is 617. The van der Waals surface area contributed by atoms with Gasteiger partial charge in [-0.05, 0) is 18.9 Å². The van der Waals surface area contributed by atoms with Gasteiger partial charge in [0, 0.05) is 5.92 Å². The quantitative estimate of drug-likeness (QED) is 0.808. The zero-order valence-corrected chi connectivity index (χ0v) is 11.9. The lowest BCUT2D eigenvalue weighted by atomic mass is 10.1. The van der Waals surface area contributed by atoms with Gasteiger partial charge in [0.15, 0.2) is 0 Å². The molecule has 1 saturated carbocycles. The van der Waals surface area contributed by atoms with Crippen molar-refractivity contribution in [3.05, 3.63) is 10.4 Å². The molecule has 0 saturated heterocycles. The minimum Gasteiger partial charge on any atom is -0.253 e. The lowest BCUT2D eigenvalue weighted by Crippen LogP contribution is -2.43. The molecule has 8 heteroatoms. The van der Waals surface area contributed by atoms with E-state index >= 15 is 0 Å². The third-order valence-electron chi connectivity index (χ3n) is 3.33. The molecule has 0 unspecified atom stereocenters. The van der Waals surface area contributed by atoms with Crippen LogP contribution in [-0.4, -0.2) is 14.3 Å². The molecule has 98 valence electrons. The molecular formula is C10H12ClN3O2S2. The molecule has 0 radical (unpaired) electrons. The number of fused-ring (bicyclic) bond motifs is 1. The Morgan fingerprint density at radius 1 is 1.44 bits per heavy atom. The molecule has 18 heavy (non-hydrogen) atoms. The van der Waals surface area contributed by atoms with Gasteiger partial charge in [0.1, 0.15) is 15.7 Å². The fourth-order valence-electron chi connectivity index (χ4n) is 2.47. The van der Waals surface area contributed by atoms with Crippen molar-refractivity contribution < 1.29 is 8.42 Å². The average molecular weight is 306 g/mol. The Balaban J connectivity index is 2.11. The van der Waals surface area contributed by atoms with Crippen molar-refractivity contribution in [3.8, 4) is 0 Å². The number of thiophene rings is 1. The van der Waals surface area contributed by atoms with Gasteiger partial charge in [-0.1, -0.05) is 24.4 Å². The van der Waals surface area contributed by atoms with Gasteiger partial charge < -0.3 is 0 Å². The maximum Gasteiger partial charge on any atom is 0.287 e. The Kier molecular flexibility index (Phi) is 2.89. The highest BCUT2D eigenvalue weighted by Crippen LogP contribution is 2.42. The second-order valence-corrected chi connectivity index (χ2v) is 7.73. The first-order valence-electron chi connectivity index (χ1n) is 5.68. The summed E-state index contributed by atoms with van der Waals surface area (Å²) >= 11 is 7.04. The van der Waals surface area contributed by atoms with Gasteiger partial charge in [-0.2, -0.15) is 8.42 Å². The van der Waals surface area contributed by atoms with Crippen LogP contribution in [0.15, 0.2) is 15.4 Å². The maximum atomic E-state index is 12.1. The molecule has 1 aliphatic heterocycles. The van der Waals surface area contributed by atoms with E-state index in [2.05, 4.69) is 4.40 Å². The van der Waals surface area contributed by atoms with Crippen LogP contribution >= 0.6 is 22.9 Å². The van der Waals surface area contributed by atoms with Crippen molar-refractivity contribution in [1.82, 2.24) is 0 Å². The van der Waals surface area contributed by atoms with Gasteiger partial charge in [0.25, 0.3) is 10.0 Å². The monoisotopic (exact) mass is 305 g/mol. The minimum atomic E-state index is -3.65. The smallest absolute Gasteiger partial charge is 0.253 e. The Morgan fingerprint density at radius 2 is 2.11 bits per heavy atom. The first-order chi connectivity index (χ1) is 8.49. The van der Waals surface area contributed by atoms with E-state index in [1.807, 2.05) is 0 Å². The van der Waals surface area contributed by atoms with Crippen LogP contribution in [0.2, 0.25) is 4.34 Å². The molecule has 1 aromatic rings. The second kappa shape index (κ2) is 4.19. The number of hydrazine groups is 1. The highest BCUT2D eigenvalue weighted by molar-refractivity contribution is 7.90. The SMILES string of the molecule is NN1C(C2CCCC2)=NS(=O)(=O)c2cc(Cl)sc21. The Labute approximate surface area is 114 Å². The molecule has 1 aromatic heterocycles. The van der Waals surface area contributed by atoms with Gasteiger partial charge in [0.05, 0.1) is 4.34 Å². The number of halogens is 1. The van der Waals surface area contributed by atoms with E-state index in [9.17, 15) is 8.42 Å². The molecule has 2 N–H and O–H groups in total. The normalized spacial score (nSPS) is 23.0. The van der Waals surface area contributed by atoms with Gasteiger partial charge in [-0.3, -0.25) is 5.01 Å². The molecule has 1 aliphatic carbocycles. The minimum absolute atomic E-state index is 0.113. The molecular weight excluding hydrogens is 294 g/mol. The highest BCUT2D eigenvalue weighted by Gasteiger charge is 2.36. The van der Waals surface area contributed by atoms with Crippen molar-refractivity contribution in [3.63, 3.8) is 0 Å². The summed E-state index contributed by atoms with van der Waals surface area (Å²) in [6, 6.07) is 1.41. The third kappa shape index (κ3) is 1.85. The fraction of sp³-hybridized carbons (Fsp3) is 0.500. The number of hydrogen-bond donors (Lipinski definition) is 1. The van der Waals surface area contributed by atoms with E-state index in [-0.39, 0.29) is 10.8 Å². The fourth-order valence-corrected chi connectivity index (χ4v) is 5.25. The summed E-state index contributed by atoms with van der Waals surface area (Å²) in [6.45, 7) is 0. The van der Waals surface area contributed by atoms with E-state index in [0.29, 0.717) is 15.2 Å². The number of sulfonamides is 1. The van der Waals surface area contributed by atoms with Crippen LogP contribution in [0.4, 0.5) is 5.00 Å². The van der Waals surface area contributed by atoms with Gasteiger partial charge in [-0.25, -0.2) is 5.84 Å². The summed E-state index contributed by atoms with van der Waals surface area (Å²) < 4.78 is 28.4. The summed E-state index contributed by atoms with van der Waals surface area (Å²) in [6.07, 6.45) is 4.07. The molecule has 0 atom stereocenters.